The summed E-state index contributed by atoms with van der Waals surface area (Å²) in [4.78, 5) is 4.37. The van der Waals surface area contributed by atoms with Crippen LogP contribution in [0.15, 0.2) is 28.1 Å². The molecule has 2 rings (SSSR count). The molecule has 3 nitrogen and oxygen atoms in total. The number of thiazole rings is 1. The fraction of sp³-hybridized carbons (Fsp3) is 0.308. The second-order valence-electron chi connectivity index (χ2n) is 4.14. The molecule has 1 atom stereocenters. The van der Waals surface area contributed by atoms with Crippen molar-refractivity contribution < 1.29 is 4.74 Å². The molecule has 2 aromatic rings. The molecule has 2 N–H and O–H groups in total. The largest absolute Gasteiger partial charge is 0.486 e. The lowest BCUT2D eigenvalue weighted by molar-refractivity contribution is 0.300. The van der Waals surface area contributed by atoms with Gasteiger partial charge in [0.2, 0.25) is 0 Å². The Morgan fingerprint density at radius 2 is 2.28 bits per heavy atom. The Balaban J connectivity index is 2.13. The number of aryl methyl sites for hydroxylation is 1. The second kappa shape index (κ2) is 5.82. The predicted molar refractivity (Wildman–Crippen MR) is 77.9 cm³/mol. The Morgan fingerprint density at radius 1 is 1.50 bits per heavy atom. The summed E-state index contributed by atoms with van der Waals surface area (Å²) in [6.07, 6.45) is 0. The molecule has 0 unspecified atom stereocenters. The minimum Gasteiger partial charge on any atom is -0.486 e. The van der Waals surface area contributed by atoms with E-state index in [2.05, 4.69) is 20.9 Å². The van der Waals surface area contributed by atoms with Crippen molar-refractivity contribution in [3.05, 3.63) is 44.3 Å². The molecule has 1 heterocycles. The minimum atomic E-state index is -0.0597. The first-order valence-electron chi connectivity index (χ1n) is 5.65. The Kier molecular flexibility index (Phi) is 4.37. The van der Waals surface area contributed by atoms with Crippen LogP contribution in [0, 0.1) is 6.92 Å². The predicted octanol–water partition coefficient (Wildman–Crippen LogP) is 3.81. The van der Waals surface area contributed by atoms with E-state index in [0.717, 1.165) is 26.5 Å². The van der Waals surface area contributed by atoms with Gasteiger partial charge in [-0.25, -0.2) is 4.98 Å². The number of aromatic nitrogens is 1. The Morgan fingerprint density at radius 3 is 2.89 bits per heavy atom. The van der Waals surface area contributed by atoms with E-state index in [1.165, 1.54) is 0 Å². The van der Waals surface area contributed by atoms with Crippen LogP contribution in [-0.4, -0.2) is 4.98 Å². The summed E-state index contributed by atoms with van der Waals surface area (Å²) >= 11 is 5.05. The number of rotatable bonds is 4. The average Bonchev–Trinajstić information content (AvgIpc) is 2.73. The smallest absolute Gasteiger partial charge is 0.140 e. The zero-order valence-electron chi connectivity index (χ0n) is 10.3. The lowest BCUT2D eigenvalue weighted by Gasteiger charge is -2.13. The van der Waals surface area contributed by atoms with Gasteiger partial charge in [-0.15, -0.1) is 11.3 Å². The van der Waals surface area contributed by atoms with E-state index in [9.17, 15) is 0 Å². The third kappa shape index (κ3) is 3.31. The normalized spacial score (nSPS) is 12.4. The number of hydrogen-bond donors (Lipinski definition) is 1. The fourth-order valence-electron chi connectivity index (χ4n) is 1.62. The van der Waals surface area contributed by atoms with Gasteiger partial charge >= 0.3 is 0 Å². The maximum atomic E-state index is 5.94. The van der Waals surface area contributed by atoms with Gasteiger partial charge in [-0.2, -0.15) is 0 Å². The van der Waals surface area contributed by atoms with Crippen molar-refractivity contribution in [1.82, 2.24) is 4.98 Å². The molecule has 5 heteroatoms. The summed E-state index contributed by atoms with van der Waals surface area (Å²) in [5.41, 5.74) is 7.97. The van der Waals surface area contributed by atoms with Gasteiger partial charge in [0.15, 0.2) is 0 Å². The van der Waals surface area contributed by atoms with Crippen LogP contribution in [0.4, 0.5) is 0 Å². The first kappa shape index (κ1) is 13.5. The van der Waals surface area contributed by atoms with E-state index < -0.39 is 0 Å². The van der Waals surface area contributed by atoms with Crippen LogP contribution in [0.3, 0.4) is 0 Å². The van der Waals surface area contributed by atoms with Gasteiger partial charge in [-0.3, -0.25) is 0 Å². The molecule has 0 bridgehead atoms. The molecule has 96 valence electrons. The molecule has 1 aromatic heterocycles. The van der Waals surface area contributed by atoms with Crippen molar-refractivity contribution in [2.75, 3.05) is 0 Å². The highest BCUT2D eigenvalue weighted by atomic mass is 79.9. The van der Waals surface area contributed by atoms with E-state index in [-0.39, 0.29) is 6.04 Å². The van der Waals surface area contributed by atoms with Crippen LogP contribution >= 0.6 is 27.3 Å². The number of benzene rings is 1. The quantitative estimate of drug-likeness (QED) is 0.929. The molecule has 0 aliphatic carbocycles. The van der Waals surface area contributed by atoms with Gasteiger partial charge in [0.05, 0.1) is 0 Å². The van der Waals surface area contributed by atoms with Crippen molar-refractivity contribution in [2.24, 2.45) is 5.73 Å². The highest BCUT2D eigenvalue weighted by molar-refractivity contribution is 9.10. The summed E-state index contributed by atoms with van der Waals surface area (Å²) in [6, 6.07) is 5.82. The van der Waals surface area contributed by atoms with Gasteiger partial charge in [-0.05, 0) is 32.0 Å². The molecule has 0 fully saturated rings. The lowest BCUT2D eigenvalue weighted by Crippen LogP contribution is -2.08. The third-order valence-electron chi connectivity index (χ3n) is 2.48. The van der Waals surface area contributed by atoms with Crippen molar-refractivity contribution in [3.8, 4) is 5.75 Å². The van der Waals surface area contributed by atoms with Crippen LogP contribution in [0.2, 0.25) is 0 Å². The maximum Gasteiger partial charge on any atom is 0.140 e. The van der Waals surface area contributed by atoms with E-state index in [1.807, 2.05) is 37.4 Å². The number of nitrogens with zero attached hydrogens (tertiary/aromatic N) is 1. The van der Waals surface area contributed by atoms with Crippen LogP contribution in [0.5, 0.6) is 5.75 Å². The van der Waals surface area contributed by atoms with E-state index in [4.69, 9.17) is 10.5 Å². The van der Waals surface area contributed by atoms with Crippen molar-refractivity contribution in [3.63, 3.8) is 0 Å². The van der Waals surface area contributed by atoms with Crippen LogP contribution in [-0.2, 0) is 6.61 Å². The topological polar surface area (TPSA) is 48.1 Å². The second-order valence-corrected chi connectivity index (χ2v) is 6.00. The summed E-state index contributed by atoms with van der Waals surface area (Å²) in [7, 11) is 0. The zero-order chi connectivity index (χ0) is 13.1. The molecule has 0 saturated heterocycles. The Hall–Kier alpha value is -0.910. The molecule has 1 aromatic carbocycles. The highest BCUT2D eigenvalue weighted by Gasteiger charge is 2.09. The first-order valence-corrected chi connectivity index (χ1v) is 7.32. The molecule has 0 amide bonds. The zero-order valence-corrected chi connectivity index (χ0v) is 12.7. The summed E-state index contributed by atoms with van der Waals surface area (Å²) in [5.74, 6) is 0.820. The van der Waals surface area contributed by atoms with Crippen molar-refractivity contribution in [2.45, 2.75) is 26.5 Å². The molecule has 0 radical (unpaired) electrons. The number of nitrogens with two attached hydrogens (primary N) is 1. The van der Waals surface area contributed by atoms with Crippen molar-refractivity contribution >= 4 is 27.3 Å². The number of ether oxygens (including phenoxy) is 1. The molecular weight excluding hydrogens is 312 g/mol. The lowest BCUT2D eigenvalue weighted by atomic mass is 10.1. The molecule has 0 aliphatic rings. The van der Waals surface area contributed by atoms with Gasteiger partial charge in [0, 0.05) is 27.2 Å². The van der Waals surface area contributed by atoms with Crippen LogP contribution < -0.4 is 10.5 Å². The van der Waals surface area contributed by atoms with E-state index >= 15 is 0 Å². The number of halogens is 1. The third-order valence-corrected chi connectivity index (χ3v) is 3.91. The maximum absolute atomic E-state index is 5.94. The van der Waals surface area contributed by atoms with E-state index in [0.29, 0.717) is 6.61 Å². The number of hydrogen-bond acceptors (Lipinski definition) is 4. The standard InChI is InChI=1S/C13H15BrN2OS/c1-8-7-18-13(16-8)6-17-12-4-3-10(14)5-11(12)9(2)15/h3-5,7,9H,6,15H2,1-2H3/t9-/m0/s1. The molecule has 0 spiro atoms. The average molecular weight is 327 g/mol. The highest BCUT2D eigenvalue weighted by Crippen LogP contribution is 2.28. The summed E-state index contributed by atoms with van der Waals surface area (Å²) in [5, 5.41) is 3.00. The molecular formula is C13H15BrN2OS. The Labute approximate surface area is 119 Å². The van der Waals surface area contributed by atoms with E-state index in [1.54, 1.807) is 11.3 Å². The van der Waals surface area contributed by atoms with Crippen molar-refractivity contribution in [1.29, 1.82) is 0 Å². The molecule has 18 heavy (non-hydrogen) atoms. The monoisotopic (exact) mass is 326 g/mol. The first-order chi connectivity index (χ1) is 8.56. The minimum absolute atomic E-state index is 0.0597. The molecule has 0 saturated carbocycles. The molecule has 0 aliphatic heterocycles. The van der Waals surface area contributed by atoms with Crippen LogP contribution in [0.25, 0.3) is 0 Å². The van der Waals surface area contributed by atoms with Gasteiger partial charge < -0.3 is 10.5 Å². The van der Waals surface area contributed by atoms with Crippen LogP contribution in [0.1, 0.15) is 29.2 Å². The van der Waals surface area contributed by atoms with Gasteiger partial charge in [0.1, 0.15) is 17.4 Å². The SMILES string of the molecule is Cc1csc(COc2ccc(Br)cc2[C@H](C)N)n1. The summed E-state index contributed by atoms with van der Waals surface area (Å²) < 4.78 is 6.81. The Bertz CT molecular complexity index is 540. The summed E-state index contributed by atoms with van der Waals surface area (Å²) in [6.45, 7) is 4.41. The van der Waals surface area contributed by atoms with Gasteiger partial charge in [-0.1, -0.05) is 15.9 Å². The van der Waals surface area contributed by atoms with Gasteiger partial charge in [0.25, 0.3) is 0 Å². The fourth-order valence-corrected chi connectivity index (χ4v) is 2.68.